The number of benzene rings is 2. The van der Waals surface area contributed by atoms with E-state index in [1.165, 1.54) is 5.56 Å². The van der Waals surface area contributed by atoms with Crippen LogP contribution in [0.25, 0.3) is 0 Å². The van der Waals surface area contributed by atoms with Gasteiger partial charge < -0.3 is 20.3 Å². The van der Waals surface area contributed by atoms with E-state index < -0.39 is 0 Å². The predicted octanol–water partition coefficient (Wildman–Crippen LogP) is 3.43. The first-order valence-electron chi connectivity index (χ1n) is 7.55. The lowest BCUT2D eigenvalue weighted by Crippen LogP contribution is -2.35. The minimum Gasteiger partial charge on any atom is -0.497 e. The van der Waals surface area contributed by atoms with Crippen LogP contribution in [0.15, 0.2) is 48.5 Å². The average molecular weight is 329 g/mol. The summed E-state index contributed by atoms with van der Waals surface area (Å²) in [5, 5.41) is 7.06. The molecule has 0 radical (unpaired) electrons. The van der Waals surface area contributed by atoms with Gasteiger partial charge in [-0.15, -0.1) is 0 Å². The van der Waals surface area contributed by atoms with Gasteiger partial charge in [0.25, 0.3) is 0 Å². The highest BCUT2D eigenvalue weighted by atomic mass is 32.1. The lowest BCUT2D eigenvalue weighted by atomic mass is 10.2. The molecule has 2 rings (SSSR count). The molecule has 0 bridgehead atoms. The van der Waals surface area contributed by atoms with Gasteiger partial charge in [0, 0.05) is 31.5 Å². The highest BCUT2D eigenvalue weighted by Gasteiger charge is 2.02. The van der Waals surface area contributed by atoms with E-state index in [0.717, 1.165) is 30.2 Å². The number of nitrogens with one attached hydrogen (secondary N) is 2. The molecule has 2 aromatic rings. The number of ether oxygens (including phenoxy) is 1. The fourth-order valence-corrected chi connectivity index (χ4v) is 2.42. The summed E-state index contributed by atoms with van der Waals surface area (Å²) in [7, 11) is 3.73. The third-order valence-electron chi connectivity index (χ3n) is 3.52. The number of thiocarbonyl (C=S) groups is 1. The molecule has 2 aromatic carbocycles. The third kappa shape index (κ3) is 5.45. The zero-order chi connectivity index (χ0) is 16.7. The summed E-state index contributed by atoms with van der Waals surface area (Å²) in [6.45, 7) is 3.67. The molecule has 122 valence electrons. The Hall–Kier alpha value is -2.27. The Bertz CT molecular complexity index is 643. The summed E-state index contributed by atoms with van der Waals surface area (Å²) in [5.41, 5.74) is 3.35. The fourth-order valence-electron chi connectivity index (χ4n) is 2.20. The van der Waals surface area contributed by atoms with E-state index in [9.17, 15) is 0 Å². The van der Waals surface area contributed by atoms with Crippen molar-refractivity contribution in [2.24, 2.45) is 0 Å². The molecule has 2 N–H and O–H groups in total. The topological polar surface area (TPSA) is 36.5 Å². The molecule has 0 spiro atoms. The molecule has 23 heavy (non-hydrogen) atoms. The number of aryl methyl sites for hydroxylation is 1. The smallest absolute Gasteiger partial charge is 0.170 e. The van der Waals surface area contributed by atoms with Gasteiger partial charge in [-0.3, -0.25) is 0 Å². The Labute approximate surface area is 143 Å². The van der Waals surface area contributed by atoms with Crippen molar-refractivity contribution in [3.8, 4) is 5.75 Å². The summed E-state index contributed by atoms with van der Waals surface area (Å²) >= 11 is 5.32. The first kappa shape index (κ1) is 17.1. The quantitative estimate of drug-likeness (QED) is 0.794. The maximum absolute atomic E-state index is 5.32. The average Bonchev–Trinajstić information content (AvgIpc) is 2.55. The number of hydrogen-bond acceptors (Lipinski definition) is 3. The van der Waals surface area contributed by atoms with Crippen molar-refractivity contribution in [3.05, 3.63) is 54.1 Å². The normalized spacial score (nSPS) is 10.0. The van der Waals surface area contributed by atoms with Crippen molar-refractivity contribution in [3.63, 3.8) is 0 Å². The summed E-state index contributed by atoms with van der Waals surface area (Å²) in [6.07, 6.45) is 0. The van der Waals surface area contributed by atoms with E-state index in [2.05, 4.69) is 41.6 Å². The van der Waals surface area contributed by atoms with Gasteiger partial charge in [-0.2, -0.15) is 0 Å². The Morgan fingerprint density at radius 3 is 2.57 bits per heavy atom. The molecule has 0 aliphatic heterocycles. The maximum atomic E-state index is 5.32. The summed E-state index contributed by atoms with van der Waals surface area (Å²) in [5.74, 6) is 0.865. The third-order valence-corrected chi connectivity index (χ3v) is 3.77. The van der Waals surface area contributed by atoms with Gasteiger partial charge in [-0.05, 0) is 61.1 Å². The van der Waals surface area contributed by atoms with Gasteiger partial charge in [0.15, 0.2) is 5.11 Å². The second-order valence-electron chi connectivity index (χ2n) is 5.37. The molecular formula is C18H23N3OS. The second kappa shape index (κ2) is 8.39. The Morgan fingerprint density at radius 1 is 1.17 bits per heavy atom. The van der Waals surface area contributed by atoms with Crippen LogP contribution in [-0.2, 0) is 0 Å². The molecule has 4 nitrogen and oxygen atoms in total. The zero-order valence-electron chi connectivity index (χ0n) is 13.8. The van der Waals surface area contributed by atoms with E-state index in [1.54, 1.807) is 7.11 Å². The summed E-state index contributed by atoms with van der Waals surface area (Å²) in [6, 6.07) is 16.2. The number of methoxy groups -OCH3 is 1. The van der Waals surface area contributed by atoms with Crippen molar-refractivity contribution in [1.29, 1.82) is 0 Å². The van der Waals surface area contributed by atoms with Crippen LogP contribution in [0.5, 0.6) is 5.75 Å². The molecule has 0 saturated heterocycles. The Morgan fingerprint density at radius 2 is 1.91 bits per heavy atom. The van der Waals surface area contributed by atoms with Gasteiger partial charge in [-0.25, -0.2) is 0 Å². The fraction of sp³-hybridized carbons (Fsp3) is 0.278. The highest BCUT2D eigenvalue weighted by Crippen LogP contribution is 2.17. The monoisotopic (exact) mass is 329 g/mol. The minimum absolute atomic E-state index is 0.638. The van der Waals surface area contributed by atoms with Crippen molar-refractivity contribution < 1.29 is 4.74 Å². The van der Waals surface area contributed by atoms with E-state index in [-0.39, 0.29) is 0 Å². The largest absolute Gasteiger partial charge is 0.497 e. The zero-order valence-corrected chi connectivity index (χ0v) is 14.6. The SMILES string of the molecule is COc1ccc(N(C)CCNC(=S)Nc2cccc(C)c2)cc1. The first-order valence-corrected chi connectivity index (χ1v) is 7.96. The van der Waals surface area contributed by atoms with Crippen molar-refractivity contribution in [2.45, 2.75) is 6.92 Å². The lowest BCUT2D eigenvalue weighted by Gasteiger charge is -2.20. The van der Waals surface area contributed by atoms with Crippen molar-refractivity contribution >= 4 is 28.7 Å². The van der Waals surface area contributed by atoms with Crippen molar-refractivity contribution in [1.82, 2.24) is 5.32 Å². The van der Waals surface area contributed by atoms with Crippen LogP contribution in [0.4, 0.5) is 11.4 Å². The number of likely N-dealkylation sites (N-methyl/N-ethyl adjacent to an activating group) is 1. The molecule has 0 fully saturated rings. The maximum Gasteiger partial charge on any atom is 0.170 e. The van der Waals surface area contributed by atoms with Crippen LogP contribution in [0, 0.1) is 6.92 Å². The van der Waals surface area contributed by atoms with E-state index >= 15 is 0 Å². The van der Waals surface area contributed by atoms with Crippen LogP contribution in [0.2, 0.25) is 0 Å². The van der Waals surface area contributed by atoms with Gasteiger partial charge in [0.1, 0.15) is 5.75 Å². The van der Waals surface area contributed by atoms with Crippen LogP contribution < -0.4 is 20.3 Å². The number of rotatable bonds is 6. The lowest BCUT2D eigenvalue weighted by molar-refractivity contribution is 0.415. The Balaban J connectivity index is 1.76. The molecule has 0 aliphatic rings. The number of hydrogen-bond donors (Lipinski definition) is 2. The summed E-state index contributed by atoms with van der Waals surface area (Å²) in [4.78, 5) is 2.17. The molecular weight excluding hydrogens is 306 g/mol. The number of nitrogens with zero attached hydrogens (tertiary/aromatic N) is 1. The standard InChI is InChI=1S/C18H23N3OS/c1-14-5-4-6-15(13-14)20-18(23)19-11-12-21(2)16-7-9-17(22-3)10-8-16/h4-10,13H,11-12H2,1-3H3,(H2,19,20,23). The highest BCUT2D eigenvalue weighted by molar-refractivity contribution is 7.80. The predicted molar refractivity (Wildman–Crippen MR) is 102 cm³/mol. The molecule has 0 aromatic heterocycles. The molecule has 0 aliphatic carbocycles. The second-order valence-corrected chi connectivity index (χ2v) is 5.78. The van der Waals surface area contributed by atoms with Crippen LogP contribution in [-0.4, -0.2) is 32.4 Å². The minimum atomic E-state index is 0.638. The van der Waals surface area contributed by atoms with Gasteiger partial charge in [0.2, 0.25) is 0 Å². The molecule has 5 heteroatoms. The molecule has 0 amide bonds. The van der Waals surface area contributed by atoms with Gasteiger partial charge in [-0.1, -0.05) is 12.1 Å². The molecule has 0 unspecified atom stereocenters. The van der Waals surface area contributed by atoms with Gasteiger partial charge >= 0.3 is 0 Å². The molecule has 0 heterocycles. The number of anilines is 2. The van der Waals surface area contributed by atoms with E-state index in [4.69, 9.17) is 17.0 Å². The van der Waals surface area contributed by atoms with Crippen molar-refractivity contribution in [2.75, 3.05) is 37.5 Å². The summed E-state index contributed by atoms with van der Waals surface area (Å²) < 4.78 is 5.17. The first-order chi connectivity index (χ1) is 11.1. The molecule has 0 atom stereocenters. The van der Waals surface area contributed by atoms with Crippen LogP contribution in [0.1, 0.15) is 5.56 Å². The Kier molecular flexibility index (Phi) is 6.23. The van der Waals surface area contributed by atoms with Crippen LogP contribution in [0.3, 0.4) is 0 Å². The van der Waals surface area contributed by atoms with E-state index in [0.29, 0.717) is 5.11 Å². The molecule has 0 saturated carbocycles. The van der Waals surface area contributed by atoms with Gasteiger partial charge in [0.05, 0.1) is 7.11 Å². The van der Waals surface area contributed by atoms with Crippen LogP contribution >= 0.6 is 12.2 Å². The van der Waals surface area contributed by atoms with E-state index in [1.807, 2.05) is 36.4 Å².